The molecular weight excluding hydrogens is 360 g/mol. The number of methoxy groups -OCH3 is 1. The van der Waals surface area contributed by atoms with Crippen LogP contribution < -0.4 is 20.3 Å². The van der Waals surface area contributed by atoms with E-state index in [0.717, 1.165) is 12.0 Å². The minimum Gasteiger partial charge on any atom is -0.493 e. The van der Waals surface area contributed by atoms with Crippen molar-refractivity contribution in [2.75, 3.05) is 13.7 Å². The molecule has 3 rings (SSSR count). The number of carbonyl (C=O) groups excluding carboxylic acids is 2. The molecule has 2 amide bonds. The predicted octanol–water partition coefficient (Wildman–Crippen LogP) is 2.51. The van der Waals surface area contributed by atoms with E-state index in [1.807, 2.05) is 32.2 Å². The smallest absolute Gasteiger partial charge is 0.289 e. The third kappa shape index (κ3) is 4.22. The summed E-state index contributed by atoms with van der Waals surface area (Å²) < 4.78 is 12.6. The monoisotopic (exact) mass is 382 g/mol. The summed E-state index contributed by atoms with van der Waals surface area (Å²) in [7, 11) is 1.50. The summed E-state index contributed by atoms with van der Waals surface area (Å²) >= 11 is 0. The van der Waals surface area contributed by atoms with Crippen LogP contribution in [-0.4, -0.2) is 34.9 Å². The lowest BCUT2D eigenvalue weighted by Crippen LogP contribution is -2.41. The van der Waals surface area contributed by atoms with E-state index in [-0.39, 0.29) is 5.69 Å². The second kappa shape index (κ2) is 8.43. The summed E-state index contributed by atoms with van der Waals surface area (Å²) in [4.78, 5) is 28.9. The number of hydrogen-bond donors (Lipinski definition) is 2. The highest BCUT2D eigenvalue weighted by Crippen LogP contribution is 2.28. The molecule has 0 unspecified atom stereocenters. The van der Waals surface area contributed by atoms with Crippen LogP contribution in [0.5, 0.6) is 11.5 Å². The molecule has 0 aliphatic rings. The summed E-state index contributed by atoms with van der Waals surface area (Å²) in [5.74, 6) is 0.0194. The number of hydrazine groups is 1. The molecule has 0 saturated carbocycles. The van der Waals surface area contributed by atoms with E-state index < -0.39 is 11.8 Å². The SMILES string of the molecule is CCCOc1ccc(C(=O)NNC(=O)c2cn3ccc(C)cc3n2)cc1OC. The first-order valence-electron chi connectivity index (χ1n) is 8.88. The topological polar surface area (TPSA) is 94.0 Å². The third-order valence-corrected chi connectivity index (χ3v) is 4.03. The highest BCUT2D eigenvalue weighted by atomic mass is 16.5. The molecular formula is C20H22N4O4. The van der Waals surface area contributed by atoms with E-state index in [9.17, 15) is 9.59 Å². The molecule has 2 N–H and O–H groups in total. The number of ether oxygens (including phenoxy) is 2. The van der Waals surface area contributed by atoms with Crippen LogP contribution in [0.15, 0.2) is 42.7 Å². The molecule has 28 heavy (non-hydrogen) atoms. The van der Waals surface area contributed by atoms with Gasteiger partial charge in [-0.1, -0.05) is 6.92 Å². The van der Waals surface area contributed by atoms with Crippen molar-refractivity contribution >= 4 is 17.5 Å². The minimum atomic E-state index is -0.510. The third-order valence-electron chi connectivity index (χ3n) is 4.03. The Hall–Kier alpha value is -3.55. The fourth-order valence-corrected chi connectivity index (χ4v) is 2.58. The molecule has 2 aromatic heterocycles. The lowest BCUT2D eigenvalue weighted by atomic mass is 10.2. The number of benzene rings is 1. The van der Waals surface area contributed by atoms with E-state index in [4.69, 9.17) is 9.47 Å². The van der Waals surface area contributed by atoms with Crippen molar-refractivity contribution in [3.8, 4) is 11.5 Å². The molecule has 8 nitrogen and oxygen atoms in total. The normalized spacial score (nSPS) is 10.5. The highest BCUT2D eigenvalue weighted by Gasteiger charge is 2.14. The lowest BCUT2D eigenvalue weighted by molar-refractivity contribution is 0.0844. The van der Waals surface area contributed by atoms with Crippen LogP contribution in [-0.2, 0) is 0 Å². The Morgan fingerprint density at radius 2 is 1.89 bits per heavy atom. The molecule has 1 aromatic carbocycles. The van der Waals surface area contributed by atoms with Gasteiger partial charge in [0.1, 0.15) is 11.3 Å². The Morgan fingerprint density at radius 3 is 2.64 bits per heavy atom. The number of hydrogen-bond acceptors (Lipinski definition) is 5. The van der Waals surface area contributed by atoms with E-state index in [1.54, 1.807) is 28.8 Å². The molecule has 2 heterocycles. The molecule has 0 spiro atoms. The largest absolute Gasteiger partial charge is 0.493 e. The van der Waals surface area contributed by atoms with E-state index >= 15 is 0 Å². The van der Waals surface area contributed by atoms with Crippen LogP contribution in [0.2, 0.25) is 0 Å². The molecule has 0 bridgehead atoms. The average molecular weight is 382 g/mol. The Labute approximate surface area is 162 Å². The number of nitrogens with zero attached hydrogens (tertiary/aromatic N) is 2. The van der Waals surface area contributed by atoms with Gasteiger partial charge in [-0.15, -0.1) is 0 Å². The highest BCUT2D eigenvalue weighted by molar-refractivity contribution is 5.98. The summed E-state index contributed by atoms with van der Waals surface area (Å²) in [5, 5.41) is 0. The Bertz CT molecular complexity index is 1010. The second-order valence-electron chi connectivity index (χ2n) is 6.22. The van der Waals surface area contributed by atoms with Gasteiger partial charge in [0.2, 0.25) is 0 Å². The molecule has 0 atom stereocenters. The maximum absolute atomic E-state index is 12.3. The first kappa shape index (κ1) is 19.2. The summed E-state index contributed by atoms with van der Waals surface area (Å²) in [6, 6.07) is 8.60. The summed E-state index contributed by atoms with van der Waals surface area (Å²) in [6.07, 6.45) is 4.28. The predicted molar refractivity (Wildman–Crippen MR) is 104 cm³/mol. The van der Waals surface area contributed by atoms with Crippen molar-refractivity contribution in [1.29, 1.82) is 0 Å². The van der Waals surface area contributed by atoms with E-state index in [2.05, 4.69) is 15.8 Å². The van der Waals surface area contributed by atoms with Crippen molar-refractivity contribution in [3.05, 3.63) is 59.5 Å². The quantitative estimate of drug-likeness (QED) is 0.639. The Morgan fingerprint density at radius 1 is 1.11 bits per heavy atom. The molecule has 0 radical (unpaired) electrons. The first-order valence-corrected chi connectivity index (χ1v) is 8.88. The van der Waals surface area contributed by atoms with Gasteiger partial charge >= 0.3 is 0 Å². The zero-order valence-electron chi connectivity index (χ0n) is 16.0. The second-order valence-corrected chi connectivity index (χ2v) is 6.22. The van der Waals surface area contributed by atoms with Gasteiger partial charge in [-0.25, -0.2) is 4.98 Å². The standard InChI is InChI=1S/C20H22N4O4/c1-4-9-28-16-6-5-14(11-17(16)27-3)19(25)22-23-20(26)15-12-24-8-7-13(2)10-18(24)21-15/h5-8,10-12H,4,9H2,1-3H3,(H,22,25)(H,23,26). The van der Waals surface area contributed by atoms with Crippen molar-refractivity contribution < 1.29 is 19.1 Å². The molecule has 0 fully saturated rings. The van der Waals surface area contributed by atoms with Gasteiger partial charge in [0.15, 0.2) is 11.5 Å². The number of carbonyl (C=O) groups is 2. The maximum Gasteiger partial charge on any atom is 0.289 e. The fourth-order valence-electron chi connectivity index (χ4n) is 2.58. The van der Waals surface area contributed by atoms with Crippen LogP contribution >= 0.6 is 0 Å². The van der Waals surface area contributed by atoms with Gasteiger partial charge in [0.25, 0.3) is 11.8 Å². The van der Waals surface area contributed by atoms with Gasteiger partial charge < -0.3 is 13.9 Å². The number of aryl methyl sites for hydroxylation is 1. The van der Waals surface area contributed by atoms with Crippen LogP contribution in [0.4, 0.5) is 0 Å². The van der Waals surface area contributed by atoms with Crippen molar-refractivity contribution in [2.45, 2.75) is 20.3 Å². The number of rotatable bonds is 6. The number of imidazole rings is 1. The number of aromatic nitrogens is 2. The van der Waals surface area contributed by atoms with Gasteiger partial charge in [-0.05, 0) is 49.2 Å². The van der Waals surface area contributed by atoms with Gasteiger partial charge in [0.05, 0.1) is 13.7 Å². The average Bonchev–Trinajstić information content (AvgIpc) is 3.13. The van der Waals surface area contributed by atoms with Gasteiger partial charge in [0, 0.05) is 18.0 Å². The van der Waals surface area contributed by atoms with E-state index in [1.165, 1.54) is 7.11 Å². The lowest BCUT2D eigenvalue weighted by Gasteiger charge is -2.12. The van der Waals surface area contributed by atoms with Crippen LogP contribution in [0.3, 0.4) is 0 Å². The van der Waals surface area contributed by atoms with Crippen molar-refractivity contribution in [3.63, 3.8) is 0 Å². The zero-order valence-corrected chi connectivity index (χ0v) is 16.0. The van der Waals surface area contributed by atoms with Crippen LogP contribution in [0.25, 0.3) is 5.65 Å². The molecule has 3 aromatic rings. The number of fused-ring (bicyclic) bond motifs is 1. The fraction of sp³-hybridized carbons (Fsp3) is 0.250. The molecule has 8 heteroatoms. The van der Waals surface area contributed by atoms with Gasteiger partial charge in [-0.2, -0.15) is 0 Å². The zero-order chi connectivity index (χ0) is 20.1. The summed E-state index contributed by atoms with van der Waals surface area (Å²) in [5.41, 5.74) is 6.98. The van der Waals surface area contributed by atoms with Crippen molar-refractivity contribution in [2.24, 2.45) is 0 Å². The molecule has 146 valence electrons. The van der Waals surface area contributed by atoms with E-state index in [0.29, 0.717) is 29.3 Å². The Kier molecular flexibility index (Phi) is 5.78. The van der Waals surface area contributed by atoms with Crippen LogP contribution in [0, 0.1) is 6.92 Å². The van der Waals surface area contributed by atoms with Crippen molar-refractivity contribution in [1.82, 2.24) is 20.2 Å². The number of amides is 2. The minimum absolute atomic E-state index is 0.201. The summed E-state index contributed by atoms with van der Waals surface area (Å²) in [6.45, 7) is 4.50. The molecule has 0 aliphatic heterocycles. The first-order chi connectivity index (χ1) is 13.5. The maximum atomic E-state index is 12.3. The Balaban J connectivity index is 1.66. The van der Waals surface area contributed by atoms with Gasteiger partial charge in [-0.3, -0.25) is 20.4 Å². The number of nitrogens with one attached hydrogen (secondary N) is 2. The molecule has 0 saturated heterocycles. The molecule has 0 aliphatic carbocycles. The van der Waals surface area contributed by atoms with Crippen LogP contribution in [0.1, 0.15) is 39.8 Å². The number of pyridine rings is 1.